The van der Waals surface area contributed by atoms with Crippen molar-refractivity contribution >= 4 is 39.1 Å². The van der Waals surface area contributed by atoms with Crippen molar-refractivity contribution in [1.29, 1.82) is 0 Å². The quantitative estimate of drug-likeness (QED) is 0.707. The molecule has 0 aliphatic carbocycles. The van der Waals surface area contributed by atoms with Crippen molar-refractivity contribution in [2.24, 2.45) is 5.92 Å². The Morgan fingerprint density at radius 3 is 2.75 bits per heavy atom. The van der Waals surface area contributed by atoms with Crippen molar-refractivity contribution in [3.05, 3.63) is 33.8 Å². The van der Waals surface area contributed by atoms with Gasteiger partial charge in [-0.1, -0.05) is 45.2 Å². The highest BCUT2D eigenvalue weighted by atomic mass is 79.9. The number of ether oxygens (including phenoxy) is 1. The van der Waals surface area contributed by atoms with Crippen molar-refractivity contribution in [2.45, 2.75) is 24.3 Å². The van der Waals surface area contributed by atoms with E-state index in [4.69, 9.17) is 27.9 Å². The van der Waals surface area contributed by atoms with Gasteiger partial charge in [0.25, 0.3) is 0 Å². The highest BCUT2D eigenvalue weighted by molar-refractivity contribution is 9.09. The van der Waals surface area contributed by atoms with E-state index in [0.717, 1.165) is 18.6 Å². The van der Waals surface area contributed by atoms with Gasteiger partial charge in [0.05, 0.1) is 6.10 Å². The number of halogens is 3. The van der Waals surface area contributed by atoms with E-state index in [2.05, 4.69) is 22.9 Å². The van der Waals surface area contributed by atoms with Gasteiger partial charge in [0.2, 0.25) is 0 Å². The Balaban J connectivity index is 2.23. The summed E-state index contributed by atoms with van der Waals surface area (Å²) < 4.78 is 5.57. The van der Waals surface area contributed by atoms with Crippen LogP contribution in [0.15, 0.2) is 18.2 Å². The van der Waals surface area contributed by atoms with Gasteiger partial charge in [0, 0.05) is 27.4 Å². The summed E-state index contributed by atoms with van der Waals surface area (Å²) in [5.41, 5.74) is 1.09. The number of benzene rings is 1. The van der Waals surface area contributed by atoms with E-state index in [0.29, 0.717) is 16.0 Å². The Morgan fingerprint density at radius 2 is 2.19 bits per heavy atom. The third kappa shape index (κ3) is 2.56. The predicted octanol–water partition coefficient (Wildman–Crippen LogP) is 4.85. The van der Waals surface area contributed by atoms with Crippen LogP contribution in [0.4, 0.5) is 0 Å². The lowest BCUT2D eigenvalue weighted by Crippen LogP contribution is -2.16. The van der Waals surface area contributed by atoms with Crippen LogP contribution in [0.2, 0.25) is 10.0 Å². The van der Waals surface area contributed by atoms with Gasteiger partial charge in [-0.15, -0.1) is 0 Å². The van der Waals surface area contributed by atoms with Crippen molar-refractivity contribution in [3.8, 4) is 0 Å². The maximum atomic E-state index is 6.20. The van der Waals surface area contributed by atoms with Crippen LogP contribution >= 0.6 is 39.1 Å². The molecule has 1 aromatic rings. The Kier molecular flexibility index (Phi) is 4.17. The molecule has 0 amide bonds. The first kappa shape index (κ1) is 12.7. The first-order chi connectivity index (χ1) is 7.59. The number of rotatable bonds is 2. The minimum absolute atomic E-state index is 0.231. The normalized spacial score (nSPS) is 27.0. The highest BCUT2D eigenvalue weighted by Gasteiger charge is 2.32. The van der Waals surface area contributed by atoms with Crippen LogP contribution in [-0.4, -0.2) is 12.7 Å². The second-order valence-corrected chi connectivity index (χ2v) is 5.93. The average molecular weight is 324 g/mol. The summed E-state index contributed by atoms with van der Waals surface area (Å²) in [5.74, 6) is 0.471. The van der Waals surface area contributed by atoms with Crippen LogP contribution in [0.5, 0.6) is 0 Å². The molecule has 2 rings (SSSR count). The Labute approximate surface area is 114 Å². The lowest BCUT2D eigenvalue weighted by atomic mass is 9.94. The minimum Gasteiger partial charge on any atom is -0.378 e. The summed E-state index contributed by atoms with van der Waals surface area (Å²) in [6.45, 7) is 2.94. The molecule has 0 radical (unpaired) electrons. The van der Waals surface area contributed by atoms with E-state index in [1.54, 1.807) is 6.07 Å². The largest absolute Gasteiger partial charge is 0.378 e. The number of alkyl halides is 1. The summed E-state index contributed by atoms with van der Waals surface area (Å²) >= 11 is 15.8. The number of hydrogen-bond donors (Lipinski definition) is 0. The van der Waals surface area contributed by atoms with Gasteiger partial charge in [0.15, 0.2) is 0 Å². The zero-order valence-corrected chi connectivity index (χ0v) is 12.0. The molecule has 1 aliphatic rings. The van der Waals surface area contributed by atoms with E-state index in [1.165, 1.54) is 0 Å². The Bertz CT molecular complexity index is 383. The van der Waals surface area contributed by atoms with Crippen LogP contribution in [0, 0.1) is 5.92 Å². The van der Waals surface area contributed by atoms with Crippen LogP contribution < -0.4 is 0 Å². The van der Waals surface area contributed by atoms with Crippen molar-refractivity contribution in [2.75, 3.05) is 6.61 Å². The van der Waals surface area contributed by atoms with Gasteiger partial charge in [0.1, 0.15) is 0 Å². The molecule has 1 heterocycles. The van der Waals surface area contributed by atoms with E-state index in [1.807, 2.05) is 12.1 Å². The van der Waals surface area contributed by atoms with E-state index < -0.39 is 0 Å². The molecule has 0 bridgehead atoms. The van der Waals surface area contributed by atoms with E-state index in [-0.39, 0.29) is 10.9 Å². The van der Waals surface area contributed by atoms with E-state index >= 15 is 0 Å². The molecule has 0 spiro atoms. The van der Waals surface area contributed by atoms with Crippen LogP contribution in [0.3, 0.4) is 0 Å². The third-order valence-corrected chi connectivity index (χ3v) is 4.81. The fourth-order valence-corrected chi connectivity index (χ4v) is 3.84. The molecule has 1 aromatic carbocycles. The fourth-order valence-electron chi connectivity index (χ4n) is 2.09. The molecule has 16 heavy (non-hydrogen) atoms. The summed E-state index contributed by atoms with van der Waals surface area (Å²) in [6, 6.07) is 5.64. The molecule has 88 valence electrons. The fraction of sp³-hybridized carbons (Fsp3) is 0.500. The monoisotopic (exact) mass is 322 g/mol. The molecule has 0 saturated carbocycles. The second-order valence-electron chi connectivity index (χ2n) is 4.10. The number of hydrogen-bond acceptors (Lipinski definition) is 1. The van der Waals surface area contributed by atoms with Gasteiger partial charge >= 0.3 is 0 Å². The SMILES string of the molecule is CC1OCCC1C(Br)c1ccc(Cl)cc1Cl. The first-order valence-electron chi connectivity index (χ1n) is 5.30. The molecule has 1 aliphatic heterocycles. The molecule has 1 saturated heterocycles. The summed E-state index contributed by atoms with van der Waals surface area (Å²) in [5, 5.41) is 1.39. The standard InChI is InChI=1S/C12H13BrCl2O/c1-7-9(4-5-16-7)12(13)10-3-2-8(14)6-11(10)15/h2-3,6-7,9,12H,4-5H2,1H3. The molecule has 3 atom stereocenters. The molecule has 4 heteroatoms. The summed E-state index contributed by atoms with van der Waals surface area (Å²) in [7, 11) is 0. The zero-order chi connectivity index (χ0) is 11.7. The third-order valence-electron chi connectivity index (χ3n) is 3.07. The van der Waals surface area contributed by atoms with Crippen LogP contribution in [0.1, 0.15) is 23.7 Å². The molecule has 0 N–H and O–H groups in total. The highest BCUT2D eigenvalue weighted by Crippen LogP contribution is 2.42. The van der Waals surface area contributed by atoms with Crippen molar-refractivity contribution < 1.29 is 4.74 Å². The van der Waals surface area contributed by atoms with Crippen molar-refractivity contribution in [1.82, 2.24) is 0 Å². The lowest BCUT2D eigenvalue weighted by Gasteiger charge is -2.21. The van der Waals surface area contributed by atoms with Gasteiger partial charge in [-0.2, -0.15) is 0 Å². The van der Waals surface area contributed by atoms with Crippen molar-refractivity contribution in [3.63, 3.8) is 0 Å². The predicted molar refractivity (Wildman–Crippen MR) is 71.7 cm³/mol. The van der Waals surface area contributed by atoms with E-state index in [9.17, 15) is 0 Å². The van der Waals surface area contributed by atoms with Crippen LogP contribution in [0.25, 0.3) is 0 Å². The molecular weight excluding hydrogens is 311 g/mol. The molecule has 1 nitrogen and oxygen atoms in total. The summed E-state index contributed by atoms with van der Waals surface area (Å²) in [6.07, 6.45) is 1.34. The Hall–Kier alpha value is 0.240. The lowest BCUT2D eigenvalue weighted by molar-refractivity contribution is 0.105. The molecule has 1 fully saturated rings. The van der Waals surface area contributed by atoms with Gasteiger partial charge in [-0.3, -0.25) is 0 Å². The van der Waals surface area contributed by atoms with Gasteiger partial charge in [-0.05, 0) is 31.0 Å². The van der Waals surface area contributed by atoms with Gasteiger partial charge in [-0.25, -0.2) is 0 Å². The zero-order valence-electron chi connectivity index (χ0n) is 8.92. The van der Waals surface area contributed by atoms with Crippen LogP contribution in [-0.2, 0) is 4.74 Å². The maximum absolute atomic E-state index is 6.20. The molecular formula is C12H13BrCl2O. The smallest absolute Gasteiger partial charge is 0.0589 e. The van der Waals surface area contributed by atoms with Gasteiger partial charge < -0.3 is 4.74 Å². The maximum Gasteiger partial charge on any atom is 0.0589 e. The topological polar surface area (TPSA) is 9.23 Å². The first-order valence-corrected chi connectivity index (χ1v) is 6.97. The molecule has 0 aromatic heterocycles. The Morgan fingerprint density at radius 1 is 1.44 bits per heavy atom. The molecule has 3 unspecified atom stereocenters. The average Bonchev–Trinajstić information content (AvgIpc) is 2.63. The summed E-state index contributed by atoms with van der Waals surface area (Å²) in [4.78, 5) is 0.231. The second kappa shape index (κ2) is 5.26. The minimum atomic E-state index is 0.231.